The minimum atomic E-state index is -0.739. The number of carbonyl (C=O) groups excluding carboxylic acids is 1. The van der Waals surface area contributed by atoms with E-state index in [4.69, 9.17) is 0 Å². The lowest BCUT2D eigenvalue weighted by Gasteiger charge is -2.29. The number of halogens is 1. The van der Waals surface area contributed by atoms with Crippen molar-refractivity contribution in [3.05, 3.63) is 46.7 Å². The van der Waals surface area contributed by atoms with Crippen LogP contribution in [0.1, 0.15) is 47.6 Å². The second kappa shape index (κ2) is 10.8. The average molecular weight is 494 g/mol. The molecule has 3 aromatic rings. The smallest absolute Gasteiger partial charge is 0.270 e. The second-order valence-corrected chi connectivity index (χ2v) is 8.98. The van der Waals surface area contributed by atoms with Crippen LogP contribution in [0.4, 0.5) is 21.6 Å². The summed E-state index contributed by atoms with van der Waals surface area (Å²) in [6.45, 7) is 5.71. The highest BCUT2D eigenvalue weighted by molar-refractivity contribution is 7.17. The number of amides is 1. The summed E-state index contributed by atoms with van der Waals surface area (Å²) in [5.41, 5.74) is 3.07. The first-order valence-corrected chi connectivity index (χ1v) is 12.6. The number of nitrogens with zero attached hydrogens (tertiary/aromatic N) is 6. The van der Waals surface area contributed by atoms with Crippen molar-refractivity contribution in [2.45, 2.75) is 39.3 Å². The van der Waals surface area contributed by atoms with Gasteiger partial charge in [0, 0.05) is 33.1 Å². The summed E-state index contributed by atoms with van der Waals surface area (Å²) in [5, 5.41) is 13.3. The van der Waals surface area contributed by atoms with Gasteiger partial charge < -0.3 is 15.1 Å². The molecule has 0 unspecified atom stereocenters. The molecule has 8 nitrogen and oxygen atoms in total. The van der Waals surface area contributed by atoms with Crippen molar-refractivity contribution in [2.24, 2.45) is 0 Å². The van der Waals surface area contributed by atoms with Crippen molar-refractivity contribution in [1.29, 1.82) is 5.26 Å². The number of fused-ring (bicyclic) bond motifs is 1. The monoisotopic (exact) mass is 493 g/mol. The summed E-state index contributed by atoms with van der Waals surface area (Å²) in [7, 11) is 1.75. The Kier molecular flexibility index (Phi) is 7.56. The van der Waals surface area contributed by atoms with E-state index >= 15 is 0 Å². The van der Waals surface area contributed by atoms with Gasteiger partial charge >= 0.3 is 0 Å². The topological polar surface area (TPSA) is 98.0 Å². The predicted octanol–water partition coefficient (Wildman–Crippen LogP) is 4.68. The Morgan fingerprint density at radius 1 is 1.17 bits per heavy atom. The quantitative estimate of drug-likeness (QED) is 0.563. The summed E-state index contributed by atoms with van der Waals surface area (Å²) in [5.74, 6) is 0.561. The molecule has 2 aliphatic rings. The Bertz CT molecular complexity index is 1230. The van der Waals surface area contributed by atoms with Crippen LogP contribution >= 0.6 is 11.3 Å². The lowest BCUT2D eigenvalue weighted by atomic mass is 10.1. The van der Waals surface area contributed by atoms with E-state index in [9.17, 15) is 14.4 Å². The van der Waals surface area contributed by atoms with E-state index in [0.29, 0.717) is 71.4 Å². The van der Waals surface area contributed by atoms with E-state index in [0.717, 1.165) is 11.5 Å². The van der Waals surface area contributed by atoms with Gasteiger partial charge in [-0.1, -0.05) is 19.9 Å². The van der Waals surface area contributed by atoms with Crippen LogP contribution in [0.2, 0.25) is 0 Å². The minimum absolute atomic E-state index is 0.163. The zero-order chi connectivity index (χ0) is 24.9. The molecule has 1 amide bonds. The van der Waals surface area contributed by atoms with Crippen LogP contribution < -0.4 is 15.1 Å². The Morgan fingerprint density at radius 2 is 1.94 bits per heavy atom. The second-order valence-electron chi connectivity index (χ2n) is 7.98. The van der Waals surface area contributed by atoms with E-state index in [2.05, 4.69) is 26.3 Å². The summed E-state index contributed by atoms with van der Waals surface area (Å²) < 4.78 is 13.4. The number of hydrogen-bond acceptors (Lipinski definition) is 8. The molecule has 2 aromatic heterocycles. The Hall–Kier alpha value is -3.58. The lowest BCUT2D eigenvalue weighted by Crippen LogP contribution is -2.37. The molecule has 35 heavy (non-hydrogen) atoms. The Balaban J connectivity index is 0.00000141. The van der Waals surface area contributed by atoms with Crippen LogP contribution in [0.5, 0.6) is 0 Å². The van der Waals surface area contributed by atoms with Gasteiger partial charge in [0.2, 0.25) is 0 Å². The van der Waals surface area contributed by atoms with Crippen LogP contribution in [0.25, 0.3) is 10.7 Å². The summed E-state index contributed by atoms with van der Waals surface area (Å²) in [4.78, 5) is 31.2. The predicted molar refractivity (Wildman–Crippen MR) is 137 cm³/mol. The van der Waals surface area contributed by atoms with Gasteiger partial charge in [0.25, 0.3) is 5.91 Å². The highest BCUT2D eigenvalue weighted by Crippen LogP contribution is 2.35. The van der Waals surface area contributed by atoms with Crippen molar-refractivity contribution in [3.8, 4) is 16.8 Å². The number of piperidine rings is 1. The van der Waals surface area contributed by atoms with E-state index < -0.39 is 6.17 Å². The number of rotatable bonds is 4. The molecule has 1 aromatic carbocycles. The van der Waals surface area contributed by atoms with Gasteiger partial charge in [-0.15, -0.1) is 11.3 Å². The van der Waals surface area contributed by atoms with Crippen LogP contribution in [-0.2, 0) is 6.42 Å². The summed E-state index contributed by atoms with van der Waals surface area (Å²) in [6.07, 6.45) is 4.21. The van der Waals surface area contributed by atoms with Crippen LogP contribution in [0, 0.1) is 11.3 Å². The third-order valence-corrected chi connectivity index (χ3v) is 7.14. The molecule has 10 heteroatoms. The van der Waals surface area contributed by atoms with Crippen molar-refractivity contribution in [1.82, 2.24) is 15.0 Å². The fourth-order valence-corrected chi connectivity index (χ4v) is 5.25. The molecule has 0 spiro atoms. The standard InChI is InChI=1S/C23H22FN7OS.C2H6/c1-26-16-3-2-4-19(15(16)11-25)31-10-7-17-21(23(31)32)33-22(29-17)18-12-28-20(13-27-18)30-8-5-14(24)6-9-30;1-2/h2-4,12-14,26H,5-10H2,1H3;1-2H3. The molecule has 5 rings (SSSR count). The zero-order valence-electron chi connectivity index (χ0n) is 20.1. The number of anilines is 3. The maximum Gasteiger partial charge on any atom is 0.270 e. The minimum Gasteiger partial charge on any atom is -0.387 e. The van der Waals surface area contributed by atoms with Gasteiger partial charge in [-0.3, -0.25) is 4.79 Å². The summed E-state index contributed by atoms with van der Waals surface area (Å²) >= 11 is 1.29. The van der Waals surface area contributed by atoms with Crippen molar-refractivity contribution in [2.75, 3.05) is 41.8 Å². The van der Waals surface area contributed by atoms with Gasteiger partial charge in [-0.2, -0.15) is 5.26 Å². The molecule has 0 bridgehead atoms. The van der Waals surface area contributed by atoms with Crippen molar-refractivity contribution in [3.63, 3.8) is 0 Å². The number of nitrogens with one attached hydrogen (secondary N) is 1. The molecule has 0 radical (unpaired) electrons. The molecule has 1 N–H and O–H groups in total. The fourth-order valence-electron chi connectivity index (χ4n) is 4.23. The molecule has 182 valence electrons. The molecular weight excluding hydrogens is 465 g/mol. The number of hydrogen-bond donors (Lipinski definition) is 1. The van der Waals surface area contributed by atoms with Gasteiger partial charge in [0.15, 0.2) is 0 Å². The molecule has 2 aliphatic heterocycles. The fraction of sp³-hybridized carbons (Fsp3) is 0.400. The van der Waals surface area contributed by atoms with Gasteiger partial charge in [-0.05, 0) is 25.0 Å². The van der Waals surface area contributed by atoms with Gasteiger partial charge in [-0.25, -0.2) is 19.3 Å². The molecular formula is C25H28FN7OS. The number of benzene rings is 1. The highest BCUT2D eigenvalue weighted by Gasteiger charge is 2.31. The van der Waals surface area contributed by atoms with Crippen LogP contribution in [0.3, 0.4) is 0 Å². The molecule has 0 aliphatic carbocycles. The summed E-state index contributed by atoms with van der Waals surface area (Å²) in [6, 6.07) is 7.65. The normalized spacial score (nSPS) is 15.7. The van der Waals surface area contributed by atoms with E-state index in [1.165, 1.54) is 11.3 Å². The highest BCUT2D eigenvalue weighted by atomic mass is 32.1. The molecule has 4 heterocycles. The number of carbonyl (C=O) groups is 1. The van der Waals surface area contributed by atoms with E-state index in [-0.39, 0.29) is 5.91 Å². The SMILES string of the molecule is CC.CNc1cccc(N2CCc3nc(-c4cnc(N5CCC(F)CC5)cn4)sc3C2=O)c1C#N. The van der Waals surface area contributed by atoms with Crippen molar-refractivity contribution >= 4 is 34.4 Å². The zero-order valence-corrected chi connectivity index (χ0v) is 20.9. The molecule has 0 atom stereocenters. The molecule has 1 fully saturated rings. The van der Waals surface area contributed by atoms with Crippen LogP contribution in [0.15, 0.2) is 30.6 Å². The maximum absolute atomic E-state index is 13.4. The van der Waals surface area contributed by atoms with Gasteiger partial charge in [0.1, 0.15) is 33.6 Å². The molecule has 0 saturated carbocycles. The largest absolute Gasteiger partial charge is 0.387 e. The van der Waals surface area contributed by atoms with E-state index in [1.807, 2.05) is 30.9 Å². The average Bonchev–Trinajstić information content (AvgIpc) is 3.35. The Morgan fingerprint density at radius 3 is 2.60 bits per heavy atom. The number of thiazole rings is 1. The third kappa shape index (κ3) is 4.82. The van der Waals surface area contributed by atoms with Crippen molar-refractivity contribution < 1.29 is 9.18 Å². The van der Waals surface area contributed by atoms with Gasteiger partial charge in [0.05, 0.1) is 35.0 Å². The maximum atomic E-state index is 13.4. The number of nitriles is 1. The first-order chi connectivity index (χ1) is 17.1. The molecule has 1 saturated heterocycles. The number of alkyl halides is 1. The first-order valence-electron chi connectivity index (χ1n) is 11.8. The lowest BCUT2D eigenvalue weighted by molar-refractivity contribution is 0.0984. The third-order valence-electron chi connectivity index (χ3n) is 6.03. The van der Waals surface area contributed by atoms with E-state index in [1.54, 1.807) is 30.4 Å². The van der Waals surface area contributed by atoms with Crippen LogP contribution in [-0.4, -0.2) is 53.7 Å². The Labute approximate surface area is 208 Å². The number of aromatic nitrogens is 3. The first kappa shape index (κ1) is 24.5.